The van der Waals surface area contributed by atoms with Crippen LogP contribution in [0.25, 0.3) is 0 Å². The summed E-state index contributed by atoms with van der Waals surface area (Å²) in [4.78, 5) is 0. The van der Waals surface area contributed by atoms with Gasteiger partial charge in [-0.15, -0.1) is 0 Å². The fourth-order valence-electron chi connectivity index (χ4n) is 1.54. The molecule has 0 bridgehead atoms. The van der Waals surface area contributed by atoms with E-state index in [4.69, 9.17) is 14.2 Å². The summed E-state index contributed by atoms with van der Waals surface area (Å²) < 4.78 is 54.3. The van der Waals surface area contributed by atoms with Crippen LogP contribution in [0.2, 0.25) is 0 Å². The van der Waals surface area contributed by atoms with Gasteiger partial charge in [-0.05, 0) is 39.0 Å². The average Bonchev–Trinajstić information content (AvgIpc) is 2.32. The molecule has 0 saturated carbocycles. The third kappa shape index (κ3) is 7.90. The van der Waals surface area contributed by atoms with Crippen LogP contribution >= 0.6 is 0 Å². The van der Waals surface area contributed by atoms with E-state index >= 15 is 0 Å². The van der Waals surface area contributed by atoms with E-state index in [2.05, 4.69) is 0 Å². The Bertz CT molecular complexity index is 447. The van der Waals surface area contributed by atoms with Crippen molar-refractivity contribution in [3.8, 4) is 11.5 Å². The van der Waals surface area contributed by atoms with Crippen LogP contribution in [0, 0.1) is 0 Å². The molecule has 0 unspecified atom stereocenters. The number of halogens is 3. The normalized spacial score (nSPS) is 11.8. The molecule has 1 rings (SSSR count). The zero-order valence-electron chi connectivity index (χ0n) is 13.1. The predicted molar refractivity (Wildman–Crippen MR) is 72.9 cm³/mol. The fraction of sp³-hybridized carbons (Fsp3) is 0.538. The number of ether oxygens (including phenoxy) is 3. The molecule has 21 heavy (non-hydrogen) atoms. The third-order valence-electron chi connectivity index (χ3n) is 2.45. The van der Waals surface area contributed by atoms with E-state index in [0.29, 0.717) is 0 Å². The van der Waals surface area contributed by atoms with Crippen molar-refractivity contribution in [3.05, 3.63) is 18.2 Å². The number of methoxy groups -OCH3 is 1. The van der Waals surface area contributed by atoms with Gasteiger partial charge >= 0.3 is 58.4 Å². The molecule has 0 saturated heterocycles. The molecule has 0 aliphatic carbocycles. The molecule has 0 aliphatic heterocycles. The van der Waals surface area contributed by atoms with Gasteiger partial charge in [0, 0.05) is 0 Å². The molecule has 0 N–H and O–H groups in total. The zero-order valence-corrected chi connectivity index (χ0v) is 16.2. The Morgan fingerprint density at radius 2 is 1.71 bits per heavy atom. The molecule has 8 heteroatoms. The molecule has 0 radical (unpaired) electrons. The quantitative estimate of drug-likeness (QED) is 0.541. The summed E-state index contributed by atoms with van der Waals surface area (Å²) in [7, 11) is 1.32. The predicted octanol–water partition coefficient (Wildman–Crippen LogP) is -0.0525. The van der Waals surface area contributed by atoms with Crippen LogP contribution in [0.4, 0.5) is 12.9 Å². The van der Waals surface area contributed by atoms with Gasteiger partial charge in [0.15, 0.2) is 0 Å². The monoisotopic (exact) mass is 330 g/mol. The van der Waals surface area contributed by atoms with E-state index in [-0.39, 0.29) is 81.7 Å². The third-order valence-corrected chi connectivity index (χ3v) is 2.45. The molecule has 0 aliphatic rings. The van der Waals surface area contributed by atoms with Crippen molar-refractivity contribution in [1.29, 1.82) is 0 Å². The summed E-state index contributed by atoms with van der Waals surface area (Å²) in [6, 6.07) is 3.64. The van der Waals surface area contributed by atoms with Crippen molar-refractivity contribution in [3.63, 3.8) is 0 Å². The first kappa shape index (κ1) is 21.3. The minimum absolute atomic E-state index is 0. The van der Waals surface area contributed by atoms with Gasteiger partial charge in [-0.25, -0.2) is 0 Å². The van der Waals surface area contributed by atoms with E-state index in [0.717, 1.165) is 6.07 Å². The smallest absolute Gasteiger partial charge is 0.497 e. The van der Waals surface area contributed by atoms with Crippen LogP contribution in [0.15, 0.2) is 18.2 Å². The first-order chi connectivity index (χ1) is 9.13. The second-order valence-corrected chi connectivity index (χ2v) is 5.29. The molecule has 114 valence electrons. The van der Waals surface area contributed by atoms with Gasteiger partial charge in [0.1, 0.15) is 12.4 Å². The molecule has 0 spiro atoms. The van der Waals surface area contributed by atoms with Gasteiger partial charge in [-0.2, -0.15) is 0 Å². The first-order valence-electron chi connectivity index (χ1n) is 6.28. The maximum absolute atomic E-state index is 13.0. The summed E-state index contributed by atoms with van der Waals surface area (Å²) in [5.74, 6) is -0.0479. The van der Waals surface area contributed by atoms with E-state index in [9.17, 15) is 12.9 Å². The molecule has 1 aromatic rings. The van der Waals surface area contributed by atoms with E-state index in [1.54, 1.807) is 0 Å². The minimum atomic E-state index is -5.16. The van der Waals surface area contributed by atoms with Crippen molar-refractivity contribution in [1.82, 2.24) is 0 Å². The molecular formula is C13H19BF3KO3. The number of hydrogen-bond acceptors (Lipinski definition) is 3. The maximum atomic E-state index is 13.0. The minimum Gasteiger partial charge on any atom is -0.497 e. The van der Waals surface area contributed by atoms with Gasteiger partial charge in [0.05, 0.1) is 25.1 Å². The van der Waals surface area contributed by atoms with E-state index in [1.807, 2.05) is 20.8 Å². The van der Waals surface area contributed by atoms with Gasteiger partial charge in [-0.1, -0.05) is 5.46 Å². The van der Waals surface area contributed by atoms with Gasteiger partial charge in [0.25, 0.3) is 0 Å². The molecule has 3 nitrogen and oxygen atoms in total. The van der Waals surface area contributed by atoms with Crippen molar-refractivity contribution < 1.29 is 78.5 Å². The molecule has 0 aromatic heterocycles. The Labute approximate surface area is 166 Å². The number of hydrogen-bond donors (Lipinski definition) is 0. The van der Waals surface area contributed by atoms with Crippen molar-refractivity contribution >= 4 is 12.4 Å². The van der Waals surface area contributed by atoms with Gasteiger partial charge < -0.3 is 27.2 Å². The SMILES string of the molecule is COc1ccc(OCCOC(C)(C)C)c([B-](F)(F)F)c1.[K+]. The van der Waals surface area contributed by atoms with Crippen LogP contribution in [-0.2, 0) is 4.74 Å². The fourth-order valence-corrected chi connectivity index (χ4v) is 1.54. The molecule has 0 atom stereocenters. The molecule has 1 aromatic carbocycles. The van der Waals surface area contributed by atoms with Crippen molar-refractivity contribution in [2.75, 3.05) is 20.3 Å². The summed E-state index contributed by atoms with van der Waals surface area (Å²) in [6.45, 7) is 0.722. The van der Waals surface area contributed by atoms with E-state index < -0.39 is 12.4 Å². The van der Waals surface area contributed by atoms with Gasteiger partial charge in [-0.3, -0.25) is 0 Å². The van der Waals surface area contributed by atoms with E-state index in [1.165, 1.54) is 19.2 Å². The Morgan fingerprint density at radius 3 is 2.19 bits per heavy atom. The van der Waals surface area contributed by atoms with Crippen LogP contribution in [0.5, 0.6) is 11.5 Å². The summed E-state index contributed by atoms with van der Waals surface area (Å²) in [6.07, 6.45) is 0. The Kier molecular flexibility index (Phi) is 8.90. The van der Waals surface area contributed by atoms with Gasteiger partial charge in [0.2, 0.25) is 0 Å². The summed E-state index contributed by atoms with van der Waals surface area (Å²) in [5.41, 5.74) is -1.14. The molecular weight excluding hydrogens is 311 g/mol. The number of rotatable bonds is 6. The Hall–Kier alpha value is 0.271. The van der Waals surface area contributed by atoms with Crippen LogP contribution < -0.4 is 66.3 Å². The first-order valence-corrected chi connectivity index (χ1v) is 6.28. The topological polar surface area (TPSA) is 27.7 Å². The van der Waals surface area contributed by atoms with Crippen LogP contribution in [0.3, 0.4) is 0 Å². The summed E-state index contributed by atoms with van der Waals surface area (Å²) in [5, 5.41) is 0. The average molecular weight is 330 g/mol. The molecule has 0 heterocycles. The van der Waals surface area contributed by atoms with Crippen molar-refractivity contribution in [2.24, 2.45) is 0 Å². The summed E-state index contributed by atoms with van der Waals surface area (Å²) >= 11 is 0. The Balaban J connectivity index is 0.00000400. The second-order valence-electron chi connectivity index (χ2n) is 5.29. The maximum Gasteiger partial charge on any atom is 1.00 e. The molecule has 0 amide bonds. The van der Waals surface area contributed by atoms with Crippen molar-refractivity contribution in [2.45, 2.75) is 26.4 Å². The number of benzene rings is 1. The standard InChI is InChI=1S/C13H19BF3O3.K/c1-13(2,3)20-8-7-19-12-6-5-10(18-4)9-11(12)14(15,16)17;/h5-6,9H,7-8H2,1-4H3;/q-1;+1. The second kappa shape index (κ2) is 8.79. The van der Waals surface area contributed by atoms with Crippen LogP contribution in [0.1, 0.15) is 20.8 Å². The zero-order chi connectivity index (χ0) is 15.4. The molecule has 0 fully saturated rings. The largest absolute Gasteiger partial charge is 1.00 e. The van der Waals surface area contributed by atoms with Crippen LogP contribution in [-0.4, -0.2) is 32.9 Å². The Morgan fingerprint density at radius 1 is 1.10 bits per heavy atom.